The second kappa shape index (κ2) is 8.66. The highest BCUT2D eigenvalue weighted by Crippen LogP contribution is 2.57. The van der Waals surface area contributed by atoms with Crippen LogP contribution in [0.25, 0.3) is 0 Å². The van der Waals surface area contributed by atoms with Gasteiger partial charge in [0.2, 0.25) is 6.79 Å². The Hall–Kier alpha value is -3.25. The van der Waals surface area contributed by atoms with Crippen molar-refractivity contribution in [2.24, 2.45) is 0 Å². The number of piperazine rings is 1. The second-order valence-electron chi connectivity index (χ2n) is 10.6. The number of fused-ring (bicyclic) bond motifs is 9. The number of aliphatic hydroxyl groups excluding tert-OH is 1. The van der Waals surface area contributed by atoms with Crippen LogP contribution in [-0.4, -0.2) is 65.2 Å². The van der Waals surface area contributed by atoms with Gasteiger partial charge in [-0.1, -0.05) is 18.7 Å². The minimum absolute atomic E-state index is 0.0805. The van der Waals surface area contributed by atoms with Gasteiger partial charge in [0.15, 0.2) is 11.5 Å². The zero-order chi connectivity index (χ0) is 26.2. The van der Waals surface area contributed by atoms with E-state index in [0.717, 1.165) is 44.7 Å². The Labute approximate surface area is 217 Å². The van der Waals surface area contributed by atoms with Gasteiger partial charge in [0.1, 0.15) is 24.1 Å². The summed E-state index contributed by atoms with van der Waals surface area (Å²) < 4.78 is 18.0. The van der Waals surface area contributed by atoms with Crippen molar-refractivity contribution in [2.45, 2.75) is 63.8 Å². The molecule has 0 aliphatic carbocycles. The number of likely N-dealkylation sites (N-methyl/N-ethyl adjacent to an activating group) is 1. The first-order valence-electron chi connectivity index (χ1n) is 12.8. The Bertz CT molecular complexity index is 1350. The van der Waals surface area contributed by atoms with Crippen molar-refractivity contribution in [3.8, 4) is 29.1 Å². The van der Waals surface area contributed by atoms with Crippen LogP contribution in [0.3, 0.4) is 0 Å². The van der Waals surface area contributed by atoms with E-state index in [1.165, 1.54) is 0 Å². The number of phenols is 1. The summed E-state index contributed by atoms with van der Waals surface area (Å²) in [6, 6.07) is 3.41. The molecule has 8 heteroatoms. The van der Waals surface area contributed by atoms with Crippen molar-refractivity contribution in [1.29, 1.82) is 5.26 Å². The van der Waals surface area contributed by atoms with E-state index in [1.54, 1.807) is 6.08 Å². The van der Waals surface area contributed by atoms with E-state index in [2.05, 4.69) is 35.6 Å². The average Bonchev–Trinajstić information content (AvgIpc) is 3.37. The van der Waals surface area contributed by atoms with Gasteiger partial charge in [-0.15, -0.1) is 0 Å². The Morgan fingerprint density at radius 1 is 1.16 bits per heavy atom. The number of ether oxygens (including phenoxy) is 3. The van der Waals surface area contributed by atoms with Gasteiger partial charge in [-0.2, -0.15) is 5.26 Å². The molecule has 0 amide bonds. The van der Waals surface area contributed by atoms with Crippen molar-refractivity contribution in [2.75, 3.05) is 27.1 Å². The van der Waals surface area contributed by atoms with Gasteiger partial charge in [-0.3, -0.25) is 9.80 Å². The maximum absolute atomic E-state index is 11.4. The van der Waals surface area contributed by atoms with Crippen LogP contribution in [0, 0.1) is 32.1 Å². The summed E-state index contributed by atoms with van der Waals surface area (Å²) in [6.07, 6.45) is 2.94. The number of nitriles is 1. The molecule has 37 heavy (non-hydrogen) atoms. The number of nitrogens with zero attached hydrogens (tertiary/aromatic N) is 3. The van der Waals surface area contributed by atoms with Crippen LogP contribution in [0.2, 0.25) is 0 Å². The lowest BCUT2D eigenvalue weighted by Gasteiger charge is -2.59. The number of hydrogen-bond donors (Lipinski definition) is 2. The zero-order valence-corrected chi connectivity index (χ0v) is 21.7. The zero-order valence-electron chi connectivity index (χ0n) is 21.7. The number of aliphatic hydroxyl groups is 1. The van der Waals surface area contributed by atoms with E-state index in [-0.39, 0.29) is 31.5 Å². The fraction of sp³-hybridized carbons (Fsp3) is 0.483. The first kappa shape index (κ1) is 24.1. The van der Waals surface area contributed by atoms with Gasteiger partial charge in [0.25, 0.3) is 0 Å². The number of aryl methyl sites for hydroxylation is 1. The molecule has 4 aliphatic heterocycles. The summed E-state index contributed by atoms with van der Waals surface area (Å²) in [6.45, 7) is 9.99. The Kier molecular flexibility index (Phi) is 5.64. The van der Waals surface area contributed by atoms with Gasteiger partial charge in [0, 0.05) is 34.3 Å². The van der Waals surface area contributed by atoms with Crippen molar-refractivity contribution in [1.82, 2.24) is 9.80 Å². The molecule has 2 aromatic carbocycles. The molecule has 0 radical (unpaired) electrons. The number of phenolic OH excluding ortho intramolecular Hbond substituents is 1. The molecule has 6 rings (SSSR count). The predicted molar refractivity (Wildman–Crippen MR) is 137 cm³/mol. The largest absolute Gasteiger partial charge is 0.507 e. The standard InChI is InChI=1S/C29H33N3O5/c1-6-7-35-27-16(4)28-29(37-13-36-28)24-18(27)10-20-25-23-17(8-14(2)15(3)26(23)34)9-19(31(25)5)21(11-30)32(20)22(24)12-33/h6,8,19-22,25,33-34H,1,7,9-10,12-13H2,2-5H3/t19-,20?,21+,22+,25+/m1/s1. The van der Waals surface area contributed by atoms with E-state index in [0.29, 0.717) is 36.7 Å². The average molecular weight is 504 g/mol. The highest BCUT2D eigenvalue weighted by Gasteiger charge is 2.56. The lowest BCUT2D eigenvalue weighted by Crippen LogP contribution is -2.68. The van der Waals surface area contributed by atoms with Crippen LogP contribution in [0.4, 0.5) is 0 Å². The molecule has 2 bridgehead atoms. The maximum Gasteiger partial charge on any atom is 0.231 e. The minimum Gasteiger partial charge on any atom is -0.507 e. The molecule has 1 unspecified atom stereocenters. The molecule has 2 aromatic rings. The highest BCUT2D eigenvalue weighted by molar-refractivity contribution is 5.66. The Morgan fingerprint density at radius 3 is 2.62 bits per heavy atom. The van der Waals surface area contributed by atoms with E-state index in [9.17, 15) is 15.5 Å². The van der Waals surface area contributed by atoms with Crippen molar-refractivity contribution < 1.29 is 24.4 Å². The molecular weight excluding hydrogens is 470 g/mol. The summed E-state index contributed by atoms with van der Waals surface area (Å²) >= 11 is 0. The SMILES string of the molecule is C=CCOc1c(C)c2c(c3c1CC1[C@H]4c5c(cc(C)c(C)c5O)C[C@H]([C@H](C#N)N1[C@H]3CO)N4C)OCO2. The van der Waals surface area contributed by atoms with Crippen LogP contribution in [0.5, 0.6) is 23.0 Å². The summed E-state index contributed by atoms with van der Waals surface area (Å²) in [5, 5.41) is 32.7. The molecule has 4 heterocycles. The molecule has 1 fully saturated rings. The third kappa shape index (κ3) is 3.18. The van der Waals surface area contributed by atoms with Gasteiger partial charge in [-0.05, 0) is 57.4 Å². The molecule has 0 aromatic heterocycles. The van der Waals surface area contributed by atoms with Crippen molar-refractivity contribution >= 4 is 0 Å². The molecule has 5 atom stereocenters. The smallest absolute Gasteiger partial charge is 0.231 e. The lowest BCUT2D eigenvalue weighted by molar-refractivity contribution is -0.0825. The minimum atomic E-state index is -0.477. The fourth-order valence-corrected chi connectivity index (χ4v) is 7.21. The normalized spacial score (nSPS) is 27.6. The summed E-state index contributed by atoms with van der Waals surface area (Å²) in [5.41, 5.74) is 6.62. The molecule has 8 nitrogen and oxygen atoms in total. The third-order valence-corrected chi connectivity index (χ3v) is 8.95. The molecule has 1 saturated heterocycles. The number of hydrogen-bond acceptors (Lipinski definition) is 8. The maximum atomic E-state index is 11.4. The summed E-state index contributed by atoms with van der Waals surface area (Å²) in [4.78, 5) is 4.43. The Morgan fingerprint density at radius 2 is 1.92 bits per heavy atom. The number of rotatable bonds is 4. The van der Waals surface area contributed by atoms with Gasteiger partial charge in [0.05, 0.1) is 24.8 Å². The van der Waals surface area contributed by atoms with E-state index < -0.39 is 12.1 Å². The first-order valence-corrected chi connectivity index (χ1v) is 12.8. The molecule has 194 valence electrons. The Balaban J connectivity index is 1.61. The monoisotopic (exact) mass is 503 g/mol. The van der Waals surface area contributed by atoms with Gasteiger partial charge >= 0.3 is 0 Å². The lowest BCUT2D eigenvalue weighted by atomic mass is 9.71. The highest BCUT2D eigenvalue weighted by atomic mass is 16.7. The second-order valence-corrected chi connectivity index (χ2v) is 10.6. The molecular formula is C29H33N3O5. The third-order valence-electron chi connectivity index (χ3n) is 8.95. The molecule has 4 aliphatic rings. The fourth-order valence-electron chi connectivity index (χ4n) is 7.21. The number of aromatic hydroxyl groups is 1. The molecule has 2 N–H and O–H groups in total. The molecule has 0 spiro atoms. The van der Waals surface area contributed by atoms with Crippen LogP contribution in [0.1, 0.15) is 51.0 Å². The van der Waals surface area contributed by atoms with Gasteiger partial charge < -0.3 is 24.4 Å². The van der Waals surface area contributed by atoms with E-state index in [1.807, 2.05) is 20.8 Å². The van der Waals surface area contributed by atoms with Crippen LogP contribution < -0.4 is 14.2 Å². The van der Waals surface area contributed by atoms with Crippen molar-refractivity contribution in [3.63, 3.8) is 0 Å². The quantitative estimate of drug-likeness (QED) is 0.613. The summed E-state index contributed by atoms with van der Waals surface area (Å²) in [7, 11) is 2.05. The van der Waals surface area contributed by atoms with Crippen LogP contribution in [0.15, 0.2) is 18.7 Å². The summed E-state index contributed by atoms with van der Waals surface area (Å²) in [5.74, 6) is 2.31. The van der Waals surface area contributed by atoms with E-state index in [4.69, 9.17) is 14.2 Å². The van der Waals surface area contributed by atoms with Crippen LogP contribution >= 0.6 is 0 Å². The van der Waals surface area contributed by atoms with E-state index >= 15 is 0 Å². The number of benzene rings is 2. The van der Waals surface area contributed by atoms with Gasteiger partial charge in [-0.25, -0.2) is 0 Å². The predicted octanol–water partition coefficient (Wildman–Crippen LogP) is 3.37. The van der Waals surface area contributed by atoms with Crippen molar-refractivity contribution in [3.05, 3.63) is 57.7 Å². The molecule has 0 saturated carbocycles. The van der Waals surface area contributed by atoms with Crippen LogP contribution in [-0.2, 0) is 12.8 Å². The first-order chi connectivity index (χ1) is 17.8. The topological polar surface area (TPSA) is 98.4 Å².